The van der Waals surface area contributed by atoms with E-state index >= 15 is 0 Å². The second kappa shape index (κ2) is 10.9. The summed E-state index contributed by atoms with van der Waals surface area (Å²) in [6.45, 7) is 1.60. The highest BCUT2D eigenvalue weighted by Crippen LogP contribution is 2.44. The summed E-state index contributed by atoms with van der Waals surface area (Å²) in [6, 6.07) is 24.8. The first-order chi connectivity index (χ1) is 17.0. The number of carboxylic acids is 1. The molecule has 0 fully saturated rings. The molecule has 0 spiro atoms. The number of aliphatic carboxylic acids is 1. The Morgan fingerprint density at radius 2 is 1.49 bits per heavy atom. The molecule has 7 nitrogen and oxygen atoms in total. The number of hydrogen-bond donors (Lipinski definition) is 2. The van der Waals surface area contributed by atoms with Crippen molar-refractivity contribution in [2.75, 3.05) is 24.6 Å². The Kier molecular flexibility index (Phi) is 7.45. The maximum absolute atomic E-state index is 13.1. The molecule has 0 saturated carbocycles. The van der Waals surface area contributed by atoms with E-state index in [1.807, 2.05) is 43.3 Å². The van der Waals surface area contributed by atoms with Crippen LogP contribution in [-0.4, -0.2) is 42.8 Å². The summed E-state index contributed by atoms with van der Waals surface area (Å²) in [5.74, 6) is -2.11. The number of benzene rings is 3. The SMILES string of the molecule is CCC(CNC(=O)OCC1c2ccccc2-c2ccccc21)C(=O)N(CC(=O)O)c1ccccc1. The summed E-state index contributed by atoms with van der Waals surface area (Å²) in [7, 11) is 0. The molecular weight excluding hydrogens is 444 g/mol. The van der Waals surface area contributed by atoms with Gasteiger partial charge in [0.05, 0.1) is 5.92 Å². The average molecular weight is 473 g/mol. The lowest BCUT2D eigenvalue weighted by molar-refractivity contribution is -0.137. The molecule has 0 saturated heterocycles. The normalized spacial score (nSPS) is 12.8. The largest absolute Gasteiger partial charge is 0.480 e. The molecule has 1 unspecified atom stereocenters. The number of fused-ring (bicyclic) bond motifs is 3. The van der Waals surface area contributed by atoms with E-state index < -0.39 is 24.5 Å². The average Bonchev–Trinajstić information content (AvgIpc) is 3.20. The number of nitrogens with zero attached hydrogens (tertiary/aromatic N) is 1. The van der Waals surface area contributed by atoms with Crippen LogP contribution in [0.5, 0.6) is 0 Å². The molecule has 0 aromatic heterocycles. The minimum absolute atomic E-state index is 0.0506. The van der Waals surface area contributed by atoms with Gasteiger partial charge in [0.15, 0.2) is 0 Å². The highest BCUT2D eigenvalue weighted by atomic mass is 16.5. The quantitative estimate of drug-likeness (QED) is 0.472. The van der Waals surface area contributed by atoms with Crippen LogP contribution >= 0.6 is 0 Å². The Bertz CT molecular complexity index is 1170. The fraction of sp³-hybridized carbons (Fsp3) is 0.250. The summed E-state index contributed by atoms with van der Waals surface area (Å²) >= 11 is 0. The van der Waals surface area contributed by atoms with E-state index in [0.717, 1.165) is 22.3 Å². The summed E-state index contributed by atoms with van der Waals surface area (Å²) in [5, 5.41) is 12.0. The molecule has 1 aliphatic rings. The maximum atomic E-state index is 13.1. The summed E-state index contributed by atoms with van der Waals surface area (Å²) in [6.07, 6.45) is -0.173. The van der Waals surface area contributed by atoms with Crippen molar-refractivity contribution in [1.29, 1.82) is 0 Å². The van der Waals surface area contributed by atoms with Crippen molar-refractivity contribution in [1.82, 2.24) is 5.32 Å². The molecule has 1 atom stereocenters. The number of carbonyl (C=O) groups is 3. The van der Waals surface area contributed by atoms with Gasteiger partial charge in [-0.3, -0.25) is 9.59 Å². The number of anilines is 1. The Morgan fingerprint density at radius 3 is 2.06 bits per heavy atom. The van der Waals surface area contributed by atoms with E-state index in [1.165, 1.54) is 4.90 Å². The zero-order valence-corrected chi connectivity index (χ0v) is 19.5. The number of para-hydroxylation sites is 1. The lowest BCUT2D eigenvalue weighted by Gasteiger charge is -2.26. The third-order valence-corrected chi connectivity index (χ3v) is 6.31. The van der Waals surface area contributed by atoms with Gasteiger partial charge in [-0.2, -0.15) is 0 Å². The number of nitrogens with one attached hydrogen (secondary N) is 1. The summed E-state index contributed by atoms with van der Waals surface area (Å²) < 4.78 is 5.55. The van der Waals surface area contributed by atoms with Crippen molar-refractivity contribution in [3.8, 4) is 11.1 Å². The van der Waals surface area contributed by atoms with Gasteiger partial charge in [-0.05, 0) is 40.8 Å². The van der Waals surface area contributed by atoms with Gasteiger partial charge in [-0.25, -0.2) is 4.79 Å². The van der Waals surface area contributed by atoms with Crippen molar-refractivity contribution in [3.05, 3.63) is 90.0 Å². The standard InChI is InChI=1S/C28H28N2O5/c1-2-19(27(33)30(17-26(31)32)20-10-4-3-5-11-20)16-29-28(34)35-18-25-23-14-8-6-12-21(23)22-13-7-9-15-24(22)25/h3-15,19,25H,2,16-18H2,1H3,(H,29,34)(H,31,32). The number of alkyl carbamates (subject to hydrolysis) is 1. The van der Waals surface area contributed by atoms with Crippen LogP contribution in [0.15, 0.2) is 78.9 Å². The van der Waals surface area contributed by atoms with Crippen LogP contribution in [0.25, 0.3) is 11.1 Å². The molecule has 3 aromatic rings. The first kappa shape index (κ1) is 24.0. The second-order valence-electron chi connectivity index (χ2n) is 8.47. The Morgan fingerprint density at radius 1 is 0.914 bits per heavy atom. The number of carboxylic acid groups (broad SMARTS) is 1. The Labute approximate surface area is 204 Å². The van der Waals surface area contributed by atoms with Gasteiger partial charge in [-0.15, -0.1) is 0 Å². The van der Waals surface area contributed by atoms with Crippen molar-refractivity contribution >= 4 is 23.7 Å². The van der Waals surface area contributed by atoms with Crippen molar-refractivity contribution < 1.29 is 24.2 Å². The third kappa shape index (κ3) is 5.35. The van der Waals surface area contributed by atoms with Gasteiger partial charge in [0.1, 0.15) is 13.2 Å². The molecule has 4 rings (SSSR count). The lowest BCUT2D eigenvalue weighted by Crippen LogP contribution is -2.44. The minimum atomic E-state index is -1.11. The predicted octanol–water partition coefficient (Wildman–Crippen LogP) is 4.67. The fourth-order valence-electron chi connectivity index (χ4n) is 4.52. The number of amides is 2. The highest BCUT2D eigenvalue weighted by Gasteiger charge is 2.30. The molecule has 35 heavy (non-hydrogen) atoms. The topological polar surface area (TPSA) is 95.9 Å². The zero-order chi connectivity index (χ0) is 24.8. The molecule has 180 valence electrons. The first-order valence-electron chi connectivity index (χ1n) is 11.7. The highest BCUT2D eigenvalue weighted by molar-refractivity contribution is 5.99. The molecule has 0 heterocycles. The number of ether oxygens (including phenoxy) is 1. The van der Waals surface area contributed by atoms with Crippen LogP contribution in [0.4, 0.5) is 10.5 Å². The van der Waals surface area contributed by atoms with Gasteiger partial charge >= 0.3 is 12.1 Å². The maximum Gasteiger partial charge on any atom is 0.407 e. The predicted molar refractivity (Wildman–Crippen MR) is 133 cm³/mol. The van der Waals surface area contributed by atoms with Crippen LogP contribution < -0.4 is 10.2 Å². The fourth-order valence-corrected chi connectivity index (χ4v) is 4.52. The molecule has 7 heteroatoms. The van der Waals surface area contributed by atoms with Crippen molar-refractivity contribution in [2.24, 2.45) is 5.92 Å². The number of hydrogen-bond acceptors (Lipinski definition) is 4. The molecule has 0 bridgehead atoms. The van der Waals surface area contributed by atoms with E-state index in [4.69, 9.17) is 4.74 Å². The number of carbonyl (C=O) groups excluding carboxylic acids is 2. The van der Waals surface area contributed by atoms with Gasteiger partial charge in [0.2, 0.25) is 5.91 Å². The monoisotopic (exact) mass is 472 g/mol. The molecule has 0 radical (unpaired) electrons. The zero-order valence-electron chi connectivity index (χ0n) is 19.5. The van der Waals surface area contributed by atoms with Crippen molar-refractivity contribution in [3.63, 3.8) is 0 Å². The van der Waals surface area contributed by atoms with Crippen molar-refractivity contribution in [2.45, 2.75) is 19.3 Å². The molecule has 2 amide bonds. The van der Waals surface area contributed by atoms with E-state index in [1.54, 1.807) is 30.3 Å². The van der Waals surface area contributed by atoms with E-state index in [9.17, 15) is 19.5 Å². The minimum Gasteiger partial charge on any atom is -0.480 e. The Balaban J connectivity index is 1.38. The van der Waals surface area contributed by atoms with Crippen LogP contribution in [-0.2, 0) is 14.3 Å². The van der Waals surface area contributed by atoms with Crippen LogP contribution in [0.1, 0.15) is 30.4 Å². The smallest absolute Gasteiger partial charge is 0.407 e. The van der Waals surface area contributed by atoms with Crippen LogP contribution in [0.3, 0.4) is 0 Å². The van der Waals surface area contributed by atoms with Crippen LogP contribution in [0.2, 0.25) is 0 Å². The Hall–Kier alpha value is -4.13. The molecule has 0 aliphatic heterocycles. The van der Waals surface area contributed by atoms with E-state index in [2.05, 4.69) is 17.4 Å². The van der Waals surface area contributed by atoms with Gasteiger partial charge in [0, 0.05) is 18.2 Å². The summed E-state index contributed by atoms with van der Waals surface area (Å²) in [4.78, 5) is 38.3. The summed E-state index contributed by atoms with van der Waals surface area (Å²) in [5.41, 5.74) is 5.03. The molecular formula is C28H28N2O5. The van der Waals surface area contributed by atoms with Gasteiger partial charge in [0.25, 0.3) is 0 Å². The van der Waals surface area contributed by atoms with E-state index in [0.29, 0.717) is 12.1 Å². The van der Waals surface area contributed by atoms with Gasteiger partial charge < -0.3 is 20.1 Å². The second-order valence-corrected chi connectivity index (χ2v) is 8.47. The van der Waals surface area contributed by atoms with Crippen LogP contribution in [0, 0.1) is 5.92 Å². The molecule has 3 aromatic carbocycles. The molecule has 1 aliphatic carbocycles. The first-order valence-corrected chi connectivity index (χ1v) is 11.7. The lowest BCUT2D eigenvalue weighted by atomic mass is 9.98. The third-order valence-electron chi connectivity index (χ3n) is 6.31. The van der Waals surface area contributed by atoms with E-state index in [-0.39, 0.29) is 25.0 Å². The van der Waals surface area contributed by atoms with Gasteiger partial charge in [-0.1, -0.05) is 73.7 Å². The number of rotatable bonds is 9. The molecule has 2 N–H and O–H groups in total.